The van der Waals surface area contributed by atoms with Crippen LogP contribution in [-0.4, -0.2) is 70.0 Å². The van der Waals surface area contributed by atoms with Gasteiger partial charge in [0.15, 0.2) is 6.10 Å². The van der Waals surface area contributed by atoms with Crippen LogP contribution in [0, 0.1) is 0 Å². The topological polar surface area (TPSA) is 111 Å². The molecule has 9 nitrogen and oxygen atoms in total. The third-order valence-corrected chi connectivity index (χ3v) is 16.4. The van der Waals surface area contributed by atoms with Crippen LogP contribution in [0.25, 0.3) is 0 Å². The second-order valence-electron chi connectivity index (χ2n) is 25.5. The number of esters is 2. The molecule has 2 atom stereocenters. The molecule has 0 radical (unpaired) electrons. The molecule has 94 heavy (non-hydrogen) atoms. The van der Waals surface area contributed by atoms with Crippen molar-refractivity contribution in [2.24, 2.45) is 0 Å². The summed E-state index contributed by atoms with van der Waals surface area (Å²) in [5, 5.41) is 0. The number of carbonyl (C=O) groups excluding carboxylic acids is 2. The van der Waals surface area contributed by atoms with E-state index in [1.165, 1.54) is 103 Å². The number of hydrogen-bond acceptors (Lipinski definition) is 8. The van der Waals surface area contributed by atoms with Crippen LogP contribution in [0.5, 0.6) is 0 Å². The summed E-state index contributed by atoms with van der Waals surface area (Å²) in [6, 6.07) is 0. The lowest BCUT2D eigenvalue weighted by atomic mass is 10.0. The maximum atomic E-state index is 12.9. The number of carbonyl (C=O) groups is 2. The van der Waals surface area contributed by atoms with E-state index in [4.69, 9.17) is 18.5 Å². The van der Waals surface area contributed by atoms with Crippen molar-refractivity contribution < 1.29 is 42.1 Å². The summed E-state index contributed by atoms with van der Waals surface area (Å²) in [4.78, 5) is 38.1. The van der Waals surface area contributed by atoms with Crippen molar-refractivity contribution in [1.29, 1.82) is 0 Å². The van der Waals surface area contributed by atoms with Crippen molar-refractivity contribution in [3.63, 3.8) is 0 Å². The van der Waals surface area contributed by atoms with Crippen LogP contribution < -0.4 is 4.89 Å². The van der Waals surface area contributed by atoms with Gasteiger partial charge in [0.05, 0.1) is 27.7 Å². The first-order valence-electron chi connectivity index (χ1n) is 37.5. The third kappa shape index (κ3) is 76.1. The number of unbranched alkanes of at least 4 members (excludes halogenated alkanes) is 23. The lowest BCUT2D eigenvalue weighted by Crippen LogP contribution is -2.37. The monoisotopic (exact) mass is 1320 g/mol. The van der Waals surface area contributed by atoms with Crippen molar-refractivity contribution in [3.8, 4) is 0 Å². The quantitative estimate of drug-likeness (QED) is 0.0195. The molecule has 0 aromatic carbocycles. The molecule has 0 rings (SSSR count). The summed E-state index contributed by atoms with van der Waals surface area (Å²) in [7, 11) is 1.14. The Hall–Kier alpha value is -4.89. The molecule has 0 aliphatic rings. The summed E-state index contributed by atoms with van der Waals surface area (Å²) in [5.74, 6) is -0.851. The van der Waals surface area contributed by atoms with E-state index >= 15 is 0 Å². The Morgan fingerprint density at radius 3 is 0.851 bits per heavy atom. The fraction of sp³-hybridized carbons (Fsp3) is 0.619. The zero-order chi connectivity index (χ0) is 68.3. The minimum atomic E-state index is -4.66. The van der Waals surface area contributed by atoms with Gasteiger partial charge in [0.2, 0.25) is 0 Å². The summed E-state index contributed by atoms with van der Waals surface area (Å²) >= 11 is 0. The number of allylic oxidation sites excluding steroid dienone is 30. The van der Waals surface area contributed by atoms with E-state index in [0.29, 0.717) is 23.9 Å². The number of likely N-dealkylation sites (N-methyl/N-ethyl adjacent to an activating group) is 1. The van der Waals surface area contributed by atoms with E-state index in [9.17, 15) is 19.0 Å². The van der Waals surface area contributed by atoms with Crippen molar-refractivity contribution in [2.45, 2.75) is 290 Å². The SMILES string of the molecule is CC/C=C\C/C=C\C/C=C\C/C=C\C/C=C\C/C=C\C/C=C\C/C=C\CCCCCCCCCCCCCCCCCCC(=O)OC(COC(=O)CCCCCCCCC/C=C\C/C=C\C/C=C\C/C=C\C/C=C\C/C=C\C/C=C\CC)COP(=O)([O-])OCC[N+](C)(C)C. The standard InChI is InChI=1S/C84H138NO8P/c1-6-8-10-12-14-16-18-20-22-24-26-28-30-32-34-36-37-38-39-40-41-42-43-44-45-46-47-49-51-53-55-57-59-61-63-65-67-69-71-73-75-77-84(87)93-82(81-92-94(88,89)91-79-78-85(3,4)5)80-90-83(86)76-74-72-70-68-66-64-62-60-58-56-54-52-50-48-35-33-31-29-27-25-23-21-19-17-15-13-11-9-7-2/h8-11,14-17,20-23,26-29,32-35,37-38,40-41,43-44,50,52,56,58,82H,6-7,12-13,18-19,24-25,30-31,36,39,42,45-49,51,53-55,57,59-81H2,1-5H3/b10-8-,11-9-,16-14-,17-15-,22-20-,23-21-,28-26-,29-27-,34-32-,35-33-,38-37-,41-40-,44-43-,52-50-,58-56-. The van der Waals surface area contributed by atoms with Gasteiger partial charge < -0.3 is 27.9 Å². The first kappa shape index (κ1) is 89.1. The van der Waals surface area contributed by atoms with Crippen LogP contribution in [0.1, 0.15) is 284 Å². The molecular weight excluding hydrogens is 1180 g/mol. The molecule has 0 fully saturated rings. The molecule has 0 saturated carbocycles. The summed E-state index contributed by atoms with van der Waals surface area (Å²) in [5.41, 5.74) is 0. The lowest BCUT2D eigenvalue weighted by Gasteiger charge is -2.28. The van der Waals surface area contributed by atoms with Crippen LogP contribution in [-0.2, 0) is 32.7 Å². The second kappa shape index (κ2) is 72.4. The highest BCUT2D eigenvalue weighted by atomic mass is 31.2. The molecule has 2 unspecified atom stereocenters. The molecule has 0 aliphatic heterocycles. The van der Waals surface area contributed by atoms with Crippen molar-refractivity contribution in [3.05, 3.63) is 182 Å². The maximum Gasteiger partial charge on any atom is 0.306 e. The number of ether oxygens (including phenoxy) is 2. The molecule has 0 aliphatic carbocycles. The molecule has 0 heterocycles. The van der Waals surface area contributed by atoms with Gasteiger partial charge >= 0.3 is 11.9 Å². The van der Waals surface area contributed by atoms with E-state index in [-0.39, 0.29) is 26.1 Å². The largest absolute Gasteiger partial charge is 0.756 e. The molecule has 0 aromatic heterocycles. The Morgan fingerprint density at radius 1 is 0.330 bits per heavy atom. The minimum Gasteiger partial charge on any atom is -0.756 e. The highest BCUT2D eigenvalue weighted by molar-refractivity contribution is 7.45. The normalized spacial score (nSPS) is 14.1. The zero-order valence-electron chi connectivity index (χ0n) is 60.6. The van der Waals surface area contributed by atoms with Gasteiger partial charge in [0.25, 0.3) is 7.82 Å². The van der Waals surface area contributed by atoms with Crippen molar-refractivity contribution in [1.82, 2.24) is 0 Å². The third-order valence-electron chi connectivity index (χ3n) is 15.4. The minimum absolute atomic E-state index is 0.0407. The Bertz CT molecular complexity index is 2240. The van der Waals surface area contributed by atoms with E-state index in [1.807, 2.05) is 21.1 Å². The van der Waals surface area contributed by atoms with Gasteiger partial charge in [-0.05, 0) is 135 Å². The highest BCUT2D eigenvalue weighted by Gasteiger charge is 2.22. The number of hydrogen-bond donors (Lipinski definition) is 0. The first-order chi connectivity index (χ1) is 46.0. The Kier molecular flexibility index (Phi) is 68.6. The van der Waals surface area contributed by atoms with E-state index in [2.05, 4.69) is 196 Å². The number of phosphoric acid groups is 1. The predicted molar refractivity (Wildman–Crippen MR) is 406 cm³/mol. The van der Waals surface area contributed by atoms with Crippen LogP contribution in [0.4, 0.5) is 0 Å². The molecule has 532 valence electrons. The van der Waals surface area contributed by atoms with E-state index < -0.39 is 32.5 Å². The molecule has 0 amide bonds. The zero-order valence-corrected chi connectivity index (χ0v) is 61.5. The number of quaternary nitrogens is 1. The average Bonchev–Trinajstić information content (AvgIpc) is 1.57. The number of phosphoric ester groups is 1. The Balaban J connectivity index is 4.07. The molecule has 0 bridgehead atoms. The Morgan fingerprint density at radius 2 is 0.574 bits per heavy atom. The summed E-state index contributed by atoms with van der Waals surface area (Å²) in [6.07, 6.45) is 111. The van der Waals surface area contributed by atoms with Crippen LogP contribution in [0.3, 0.4) is 0 Å². The van der Waals surface area contributed by atoms with Crippen LogP contribution >= 0.6 is 7.82 Å². The van der Waals surface area contributed by atoms with Gasteiger partial charge in [-0.15, -0.1) is 0 Å². The van der Waals surface area contributed by atoms with E-state index in [1.54, 1.807) is 0 Å². The van der Waals surface area contributed by atoms with Crippen LogP contribution in [0.2, 0.25) is 0 Å². The van der Waals surface area contributed by atoms with Gasteiger partial charge in [-0.3, -0.25) is 14.2 Å². The van der Waals surface area contributed by atoms with Crippen LogP contribution in [0.15, 0.2) is 182 Å². The maximum absolute atomic E-state index is 12.9. The highest BCUT2D eigenvalue weighted by Crippen LogP contribution is 2.38. The van der Waals surface area contributed by atoms with Gasteiger partial charge in [0.1, 0.15) is 19.8 Å². The summed E-state index contributed by atoms with van der Waals surface area (Å²) < 4.78 is 34.3. The molecule has 0 aromatic rings. The van der Waals surface area contributed by atoms with E-state index in [0.717, 1.165) is 141 Å². The van der Waals surface area contributed by atoms with Gasteiger partial charge in [-0.1, -0.05) is 318 Å². The smallest absolute Gasteiger partial charge is 0.306 e. The van der Waals surface area contributed by atoms with Gasteiger partial charge in [-0.25, -0.2) is 0 Å². The predicted octanol–water partition coefficient (Wildman–Crippen LogP) is 24.4. The first-order valence-corrected chi connectivity index (χ1v) is 39.0. The molecular formula is C84H138NO8P. The van der Waals surface area contributed by atoms with Crippen molar-refractivity contribution in [2.75, 3.05) is 47.5 Å². The molecule has 0 N–H and O–H groups in total. The number of nitrogens with zero attached hydrogens (tertiary/aromatic N) is 1. The molecule has 0 spiro atoms. The lowest BCUT2D eigenvalue weighted by molar-refractivity contribution is -0.870. The molecule has 0 saturated heterocycles. The average molecular weight is 1320 g/mol. The summed E-state index contributed by atoms with van der Waals surface area (Å²) in [6.45, 7) is 4.00. The van der Waals surface area contributed by atoms with Gasteiger partial charge in [0, 0.05) is 12.8 Å². The molecule has 10 heteroatoms. The fourth-order valence-electron chi connectivity index (χ4n) is 9.77. The van der Waals surface area contributed by atoms with Crippen molar-refractivity contribution >= 4 is 19.8 Å². The Labute approximate surface area is 578 Å². The number of rotatable bonds is 67. The van der Waals surface area contributed by atoms with Gasteiger partial charge in [-0.2, -0.15) is 0 Å². The fourth-order valence-corrected chi connectivity index (χ4v) is 10.5. The second-order valence-corrected chi connectivity index (χ2v) is 27.0.